The lowest BCUT2D eigenvalue weighted by molar-refractivity contribution is 0.0784. The molecule has 0 fully saturated rings. The maximum Gasteiger partial charge on any atom is 0.257 e. The highest BCUT2D eigenvalue weighted by atomic mass is 16.2. The van der Waals surface area contributed by atoms with Gasteiger partial charge in [-0.15, -0.1) is 0 Å². The Bertz CT molecular complexity index is 557. The SMILES string of the molecule is CCc1ccc(CN(C)C(=O)c2cn[nH]c2C)cc1. The Morgan fingerprint density at radius 3 is 2.42 bits per heavy atom. The molecular formula is C15H19N3O. The van der Waals surface area contributed by atoms with Gasteiger partial charge in [0.2, 0.25) is 0 Å². The number of H-pyrrole nitrogens is 1. The molecule has 2 aromatic rings. The van der Waals surface area contributed by atoms with Gasteiger partial charge < -0.3 is 4.90 Å². The van der Waals surface area contributed by atoms with E-state index in [1.807, 2.05) is 14.0 Å². The first-order chi connectivity index (χ1) is 9.11. The fraction of sp³-hybridized carbons (Fsp3) is 0.333. The second-order valence-electron chi connectivity index (χ2n) is 4.74. The van der Waals surface area contributed by atoms with E-state index in [9.17, 15) is 4.79 Å². The average Bonchev–Trinajstić information content (AvgIpc) is 2.85. The molecule has 1 N–H and O–H groups in total. The summed E-state index contributed by atoms with van der Waals surface area (Å²) in [5.74, 6) is -0.00850. The summed E-state index contributed by atoms with van der Waals surface area (Å²) in [7, 11) is 1.81. The van der Waals surface area contributed by atoms with Gasteiger partial charge in [0.05, 0.1) is 11.8 Å². The lowest BCUT2D eigenvalue weighted by atomic mass is 10.1. The monoisotopic (exact) mass is 257 g/mol. The number of carbonyl (C=O) groups is 1. The number of hydrogen-bond acceptors (Lipinski definition) is 2. The number of rotatable bonds is 4. The molecule has 0 saturated heterocycles. The summed E-state index contributed by atoms with van der Waals surface area (Å²) in [5.41, 5.74) is 3.88. The van der Waals surface area contributed by atoms with Crippen LogP contribution in [0.5, 0.6) is 0 Å². The number of aromatic nitrogens is 2. The van der Waals surface area contributed by atoms with Crippen LogP contribution in [0.1, 0.15) is 34.1 Å². The highest BCUT2D eigenvalue weighted by molar-refractivity contribution is 5.94. The molecule has 0 spiro atoms. The highest BCUT2D eigenvalue weighted by Gasteiger charge is 2.15. The molecule has 100 valence electrons. The van der Waals surface area contributed by atoms with Crippen molar-refractivity contribution in [2.24, 2.45) is 0 Å². The molecule has 0 aliphatic carbocycles. The number of aryl methyl sites for hydroxylation is 2. The van der Waals surface area contributed by atoms with Crippen LogP contribution in [0, 0.1) is 6.92 Å². The third kappa shape index (κ3) is 3.02. The number of nitrogens with zero attached hydrogens (tertiary/aromatic N) is 2. The van der Waals surface area contributed by atoms with E-state index in [0.717, 1.165) is 17.7 Å². The molecule has 4 heteroatoms. The van der Waals surface area contributed by atoms with Crippen molar-refractivity contribution in [2.75, 3.05) is 7.05 Å². The van der Waals surface area contributed by atoms with Crippen molar-refractivity contribution in [3.05, 3.63) is 52.8 Å². The number of amides is 1. The van der Waals surface area contributed by atoms with Crippen LogP contribution in [0.2, 0.25) is 0 Å². The van der Waals surface area contributed by atoms with E-state index >= 15 is 0 Å². The van der Waals surface area contributed by atoms with Gasteiger partial charge >= 0.3 is 0 Å². The Balaban J connectivity index is 2.06. The number of benzene rings is 1. The van der Waals surface area contributed by atoms with E-state index in [2.05, 4.69) is 41.4 Å². The minimum atomic E-state index is -0.00850. The summed E-state index contributed by atoms with van der Waals surface area (Å²) < 4.78 is 0. The quantitative estimate of drug-likeness (QED) is 0.915. The van der Waals surface area contributed by atoms with E-state index in [0.29, 0.717) is 12.1 Å². The van der Waals surface area contributed by atoms with Crippen LogP contribution in [0.15, 0.2) is 30.5 Å². The molecule has 19 heavy (non-hydrogen) atoms. The van der Waals surface area contributed by atoms with Gasteiger partial charge in [0.25, 0.3) is 5.91 Å². The summed E-state index contributed by atoms with van der Waals surface area (Å²) in [6, 6.07) is 8.36. The van der Waals surface area contributed by atoms with Gasteiger partial charge in [0, 0.05) is 19.3 Å². The Labute approximate surface area is 113 Å². The van der Waals surface area contributed by atoms with Gasteiger partial charge in [0.1, 0.15) is 0 Å². The first kappa shape index (κ1) is 13.3. The van der Waals surface area contributed by atoms with Gasteiger partial charge in [-0.25, -0.2) is 0 Å². The Morgan fingerprint density at radius 2 is 1.89 bits per heavy atom. The molecule has 0 aliphatic heterocycles. The van der Waals surface area contributed by atoms with Crippen molar-refractivity contribution in [1.29, 1.82) is 0 Å². The van der Waals surface area contributed by atoms with Crippen LogP contribution in [0.3, 0.4) is 0 Å². The summed E-state index contributed by atoms with van der Waals surface area (Å²) in [5, 5.41) is 6.67. The van der Waals surface area contributed by atoms with Gasteiger partial charge in [-0.1, -0.05) is 31.2 Å². The Morgan fingerprint density at radius 1 is 1.26 bits per heavy atom. The molecule has 1 heterocycles. The second-order valence-corrected chi connectivity index (χ2v) is 4.74. The molecule has 1 aromatic heterocycles. The predicted molar refractivity (Wildman–Crippen MR) is 74.9 cm³/mol. The lowest BCUT2D eigenvalue weighted by Crippen LogP contribution is -2.26. The van der Waals surface area contributed by atoms with Crippen LogP contribution < -0.4 is 0 Å². The van der Waals surface area contributed by atoms with Crippen LogP contribution in [0.25, 0.3) is 0 Å². The smallest absolute Gasteiger partial charge is 0.257 e. The summed E-state index contributed by atoms with van der Waals surface area (Å²) in [6.45, 7) is 4.59. The lowest BCUT2D eigenvalue weighted by Gasteiger charge is -2.17. The third-order valence-corrected chi connectivity index (χ3v) is 3.26. The van der Waals surface area contributed by atoms with Crippen LogP contribution in [-0.2, 0) is 13.0 Å². The summed E-state index contributed by atoms with van der Waals surface area (Å²) in [6.07, 6.45) is 2.61. The molecular weight excluding hydrogens is 238 g/mol. The van der Waals surface area contributed by atoms with Crippen LogP contribution in [0.4, 0.5) is 0 Å². The molecule has 0 atom stereocenters. The van der Waals surface area contributed by atoms with E-state index in [4.69, 9.17) is 0 Å². The van der Waals surface area contributed by atoms with Crippen molar-refractivity contribution < 1.29 is 4.79 Å². The predicted octanol–water partition coefficient (Wildman–Crippen LogP) is 2.55. The van der Waals surface area contributed by atoms with Gasteiger partial charge in [0.15, 0.2) is 0 Å². The van der Waals surface area contributed by atoms with Crippen molar-refractivity contribution in [3.8, 4) is 0 Å². The average molecular weight is 257 g/mol. The zero-order valence-electron chi connectivity index (χ0n) is 11.6. The van der Waals surface area contributed by atoms with E-state index in [-0.39, 0.29) is 5.91 Å². The maximum absolute atomic E-state index is 12.2. The summed E-state index contributed by atoms with van der Waals surface area (Å²) >= 11 is 0. The van der Waals surface area contributed by atoms with E-state index < -0.39 is 0 Å². The highest BCUT2D eigenvalue weighted by Crippen LogP contribution is 2.11. The molecule has 0 aliphatic rings. The molecule has 2 rings (SSSR count). The molecule has 4 nitrogen and oxygen atoms in total. The molecule has 0 radical (unpaired) electrons. The normalized spacial score (nSPS) is 10.5. The zero-order valence-corrected chi connectivity index (χ0v) is 11.6. The van der Waals surface area contributed by atoms with Crippen molar-refractivity contribution in [2.45, 2.75) is 26.8 Å². The summed E-state index contributed by atoms with van der Waals surface area (Å²) in [4.78, 5) is 13.9. The minimum Gasteiger partial charge on any atom is -0.337 e. The van der Waals surface area contributed by atoms with Crippen molar-refractivity contribution in [1.82, 2.24) is 15.1 Å². The topological polar surface area (TPSA) is 49.0 Å². The van der Waals surface area contributed by atoms with Crippen LogP contribution >= 0.6 is 0 Å². The van der Waals surface area contributed by atoms with E-state index in [1.54, 1.807) is 11.1 Å². The first-order valence-electron chi connectivity index (χ1n) is 6.45. The largest absolute Gasteiger partial charge is 0.337 e. The molecule has 1 amide bonds. The second kappa shape index (κ2) is 5.69. The number of carbonyl (C=O) groups excluding carboxylic acids is 1. The third-order valence-electron chi connectivity index (χ3n) is 3.26. The van der Waals surface area contributed by atoms with Gasteiger partial charge in [-0.05, 0) is 24.5 Å². The van der Waals surface area contributed by atoms with Crippen molar-refractivity contribution in [3.63, 3.8) is 0 Å². The zero-order chi connectivity index (χ0) is 13.8. The standard InChI is InChI=1S/C15H19N3O/c1-4-12-5-7-13(8-6-12)10-18(3)15(19)14-9-16-17-11(14)2/h5-9H,4,10H2,1-3H3,(H,16,17). The fourth-order valence-corrected chi connectivity index (χ4v) is 2.00. The number of aromatic amines is 1. The van der Waals surface area contributed by atoms with Crippen LogP contribution in [-0.4, -0.2) is 28.1 Å². The first-order valence-corrected chi connectivity index (χ1v) is 6.45. The number of hydrogen-bond donors (Lipinski definition) is 1. The minimum absolute atomic E-state index is 0.00850. The van der Waals surface area contributed by atoms with E-state index in [1.165, 1.54) is 5.56 Å². The Kier molecular flexibility index (Phi) is 4.00. The number of nitrogens with one attached hydrogen (secondary N) is 1. The van der Waals surface area contributed by atoms with Crippen molar-refractivity contribution >= 4 is 5.91 Å². The fourth-order valence-electron chi connectivity index (χ4n) is 2.00. The molecule has 0 unspecified atom stereocenters. The molecule has 0 saturated carbocycles. The molecule has 1 aromatic carbocycles. The maximum atomic E-state index is 12.2. The Hall–Kier alpha value is -2.10. The van der Waals surface area contributed by atoms with Gasteiger partial charge in [-0.2, -0.15) is 5.10 Å². The molecule has 0 bridgehead atoms. The van der Waals surface area contributed by atoms with Gasteiger partial charge in [-0.3, -0.25) is 9.89 Å².